The van der Waals surface area contributed by atoms with Gasteiger partial charge in [-0.15, -0.1) is 0 Å². The van der Waals surface area contributed by atoms with E-state index in [0.29, 0.717) is 56.4 Å². The number of nitrogens with zero attached hydrogens (tertiary/aromatic N) is 5. The van der Waals surface area contributed by atoms with Gasteiger partial charge in [0.05, 0.1) is 44.8 Å². The lowest BCUT2D eigenvalue weighted by Crippen LogP contribution is -2.54. The molecule has 466 valence electrons. The number of hydrogen-bond donors (Lipinski definition) is 7. The summed E-state index contributed by atoms with van der Waals surface area (Å²) in [7, 11) is 2.66. The highest BCUT2D eigenvalue weighted by Crippen LogP contribution is 2.46. The number of fused-ring (bicyclic) bond motifs is 4. The van der Waals surface area contributed by atoms with E-state index in [1.807, 2.05) is 72.9 Å². The zero-order valence-corrected chi connectivity index (χ0v) is 49.2. The van der Waals surface area contributed by atoms with E-state index >= 15 is 0 Å². The maximum atomic E-state index is 13.8. The molecule has 9 rings (SSSR count). The summed E-state index contributed by atoms with van der Waals surface area (Å²) in [6, 6.07) is 28.1. The molecule has 2 aromatic heterocycles. The minimum Gasteiger partial charge on any atom is -0.496 e. The van der Waals surface area contributed by atoms with Gasteiger partial charge in [0.2, 0.25) is 18.1 Å². The van der Waals surface area contributed by atoms with Crippen LogP contribution in [0.15, 0.2) is 97.2 Å². The van der Waals surface area contributed by atoms with E-state index in [9.17, 15) is 48.9 Å². The molecule has 0 spiro atoms. The van der Waals surface area contributed by atoms with Crippen LogP contribution >= 0.6 is 0 Å². The Balaban J connectivity index is 0.848. The molecule has 5 atom stereocenters. The number of ether oxygens (including phenoxy) is 6. The van der Waals surface area contributed by atoms with Crippen molar-refractivity contribution >= 4 is 70.5 Å². The first-order valence-electron chi connectivity index (χ1n) is 29.2. The van der Waals surface area contributed by atoms with Crippen LogP contribution in [0.25, 0.3) is 22.2 Å². The number of methoxy groups -OCH3 is 2. The van der Waals surface area contributed by atoms with Crippen molar-refractivity contribution in [1.82, 2.24) is 29.7 Å². The standard InChI is InChI=1S/C63H73N9O16/c1-4-5-10-21-65-58-56-48(68-61(64)69-58)20-23-72(56)34-39-17-15-37(29-51(39)83-2)33-70-24-26-71(27-25-70)63(82)86-35-38-16-18-50(87-60-46(32-55(78)79)44(30-53(74)75)45(31-54(76)77)57(88-60)59(80)84-3)49(28-38)67-52(73)19-22-66-62(81)85-36-47-42-13-8-6-11-40(42)41-12-7-9-14-43(41)47/h6-9,11-18,20,23,28-29,44-47,57,60H,4-5,10,19,21-22,24-27,30-36H2,1-3H3,(H,66,81)(H,67,73)(H,74,75)(H,76,77)(H,78,79)(H3,64,65,68,69)/t44-,45-,46+,57-,60?/m1/s1. The van der Waals surface area contributed by atoms with Crippen LogP contribution in [-0.4, -0.2) is 154 Å². The summed E-state index contributed by atoms with van der Waals surface area (Å²) < 4.78 is 36.7. The predicted molar refractivity (Wildman–Crippen MR) is 320 cm³/mol. The van der Waals surface area contributed by atoms with E-state index in [1.165, 1.54) is 18.2 Å². The Morgan fingerprint density at radius 3 is 2.09 bits per heavy atom. The number of carbonyl (C=O) groups excluding carboxylic acids is 4. The number of nitrogens with two attached hydrogens (primary N) is 1. The number of carboxylic acids is 3. The molecule has 4 aromatic carbocycles. The maximum absolute atomic E-state index is 13.8. The fraction of sp³-hybridized carbons (Fsp3) is 0.413. The SMILES string of the molecule is CCCCCNc1nc(N)nc2ccn(Cc3ccc(CN4CCN(C(=O)OCc5ccc(OC6O[C@@H](C(=O)OC)[C@H](CC(=O)O)[C@@H](CC(=O)O)[C@@H]6CC(=O)O)c(NC(=O)CCNC(=O)OCC6c7ccccc7-c7ccccc76)c5)CC4)cc3OC)c12. The van der Waals surface area contributed by atoms with Gasteiger partial charge in [0.15, 0.2) is 11.9 Å². The Hall–Kier alpha value is -9.49. The Bertz CT molecular complexity index is 3470. The Labute approximate surface area is 507 Å². The number of benzene rings is 4. The molecule has 0 radical (unpaired) electrons. The minimum atomic E-state index is -1.70. The van der Waals surface area contributed by atoms with Crippen molar-refractivity contribution in [2.75, 3.05) is 76.5 Å². The quantitative estimate of drug-likeness (QED) is 0.0149. The molecular formula is C63H73N9O16. The normalized spacial score (nSPS) is 18.1. The van der Waals surface area contributed by atoms with Crippen molar-refractivity contribution in [2.45, 2.75) is 89.9 Å². The van der Waals surface area contributed by atoms with Crippen molar-refractivity contribution in [3.05, 3.63) is 125 Å². The second-order valence-corrected chi connectivity index (χ2v) is 21.9. The molecule has 25 heteroatoms. The fourth-order valence-corrected chi connectivity index (χ4v) is 11.8. The van der Waals surface area contributed by atoms with Crippen molar-refractivity contribution < 1.29 is 77.3 Å². The van der Waals surface area contributed by atoms with Gasteiger partial charge in [-0.1, -0.05) is 86.5 Å². The second-order valence-electron chi connectivity index (χ2n) is 21.9. The van der Waals surface area contributed by atoms with Crippen LogP contribution in [0, 0.1) is 17.8 Å². The number of unbranched alkanes of at least 4 members (excludes halogenated alkanes) is 2. The van der Waals surface area contributed by atoms with Gasteiger partial charge < -0.3 is 74.9 Å². The molecule has 4 heterocycles. The Morgan fingerprint density at radius 1 is 0.727 bits per heavy atom. The highest BCUT2D eigenvalue weighted by atomic mass is 16.7. The topological polar surface area (TPSA) is 335 Å². The van der Waals surface area contributed by atoms with Crippen LogP contribution in [0.4, 0.5) is 27.0 Å². The summed E-state index contributed by atoms with van der Waals surface area (Å²) in [5.74, 6) is -8.59. The van der Waals surface area contributed by atoms with Gasteiger partial charge in [0.1, 0.15) is 30.2 Å². The molecule has 88 heavy (non-hydrogen) atoms. The molecule has 3 amide bonds. The predicted octanol–water partition coefficient (Wildman–Crippen LogP) is 7.54. The molecule has 0 saturated carbocycles. The van der Waals surface area contributed by atoms with Crippen molar-refractivity contribution in [3.8, 4) is 22.6 Å². The van der Waals surface area contributed by atoms with Gasteiger partial charge in [-0.3, -0.25) is 24.1 Å². The smallest absolute Gasteiger partial charge is 0.410 e. The van der Waals surface area contributed by atoms with Crippen LogP contribution < -0.4 is 31.2 Å². The number of carbonyl (C=O) groups is 7. The van der Waals surface area contributed by atoms with Crippen molar-refractivity contribution in [3.63, 3.8) is 0 Å². The highest BCUT2D eigenvalue weighted by Gasteiger charge is 2.52. The molecular weight excluding hydrogens is 1140 g/mol. The number of amides is 3. The number of piperazine rings is 1. The number of aromatic nitrogens is 3. The van der Waals surface area contributed by atoms with Crippen molar-refractivity contribution in [2.24, 2.45) is 17.8 Å². The molecule has 0 bridgehead atoms. The summed E-state index contributed by atoms with van der Waals surface area (Å²) in [5, 5.41) is 38.7. The van der Waals surface area contributed by atoms with Gasteiger partial charge >= 0.3 is 36.1 Å². The van der Waals surface area contributed by atoms with E-state index in [-0.39, 0.29) is 49.5 Å². The van der Waals surface area contributed by atoms with E-state index in [1.54, 1.807) is 12.0 Å². The largest absolute Gasteiger partial charge is 0.496 e. The number of nitrogens with one attached hydrogen (secondary N) is 3. The Morgan fingerprint density at radius 2 is 1.41 bits per heavy atom. The lowest BCUT2D eigenvalue weighted by molar-refractivity contribution is -0.233. The average Bonchev–Trinajstić information content (AvgIpc) is 2.99. The second kappa shape index (κ2) is 29.3. The third-order valence-corrected chi connectivity index (χ3v) is 16.1. The first-order chi connectivity index (χ1) is 42.5. The van der Waals surface area contributed by atoms with Crippen LogP contribution in [0.2, 0.25) is 0 Å². The monoisotopic (exact) mass is 1210 g/mol. The first-order valence-corrected chi connectivity index (χ1v) is 29.2. The number of anilines is 3. The maximum Gasteiger partial charge on any atom is 0.410 e. The molecule has 2 fully saturated rings. The highest BCUT2D eigenvalue weighted by molar-refractivity contribution is 5.93. The molecule has 8 N–H and O–H groups in total. The summed E-state index contributed by atoms with van der Waals surface area (Å²) in [4.78, 5) is 103. The lowest BCUT2D eigenvalue weighted by atomic mass is 9.71. The summed E-state index contributed by atoms with van der Waals surface area (Å²) >= 11 is 0. The summed E-state index contributed by atoms with van der Waals surface area (Å²) in [6.45, 7) is 5.39. The van der Waals surface area contributed by atoms with E-state index in [2.05, 4.69) is 48.4 Å². The summed E-state index contributed by atoms with van der Waals surface area (Å²) in [5.41, 5.74) is 14.1. The number of esters is 1. The molecule has 3 aliphatic rings. The number of rotatable bonds is 27. The van der Waals surface area contributed by atoms with E-state index in [0.717, 1.165) is 77.3 Å². The lowest BCUT2D eigenvalue weighted by Gasteiger charge is -2.44. The number of nitrogen functional groups attached to an aromatic ring is 1. The molecule has 1 aliphatic carbocycles. The molecule has 1 unspecified atom stereocenters. The molecule has 2 aliphatic heterocycles. The van der Waals surface area contributed by atoms with E-state index in [4.69, 9.17) is 34.2 Å². The Kier molecular flexibility index (Phi) is 21.0. The van der Waals surface area contributed by atoms with Crippen LogP contribution in [0.1, 0.15) is 85.6 Å². The molecule has 2 saturated heterocycles. The third kappa shape index (κ3) is 15.5. The zero-order valence-electron chi connectivity index (χ0n) is 49.2. The number of aliphatic carboxylic acids is 3. The van der Waals surface area contributed by atoms with Gasteiger partial charge in [-0.2, -0.15) is 4.98 Å². The molecule has 6 aromatic rings. The first kappa shape index (κ1) is 63.0. The number of hydrogen-bond acceptors (Lipinski definition) is 18. The van der Waals surface area contributed by atoms with E-state index < -0.39 is 91.4 Å². The van der Waals surface area contributed by atoms with Gasteiger partial charge in [-0.05, 0) is 70.0 Å². The van der Waals surface area contributed by atoms with Gasteiger partial charge in [0.25, 0.3) is 0 Å². The average molecular weight is 1210 g/mol. The number of carboxylic acid groups (broad SMARTS) is 3. The van der Waals surface area contributed by atoms with Crippen molar-refractivity contribution in [1.29, 1.82) is 0 Å². The summed E-state index contributed by atoms with van der Waals surface area (Å²) in [6.07, 6.45) is -2.16. The van der Waals surface area contributed by atoms with Crippen LogP contribution in [-0.2, 0) is 62.6 Å². The number of alkyl carbamates (subject to hydrolysis) is 1. The fourth-order valence-electron chi connectivity index (χ4n) is 11.8. The molecule has 25 nitrogen and oxygen atoms in total. The zero-order chi connectivity index (χ0) is 62.4. The third-order valence-electron chi connectivity index (χ3n) is 16.1. The van der Waals surface area contributed by atoms with Gasteiger partial charge in [0, 0.05) is 88.2 Å². The van der Waals surface area contributed by atoms with Gasteiger partial charge in [-0.25, -0.2) is 19.4 Å². The van der Waals surface area contributed by atoms with Crippen LogP contribution in [0.3, 0.4) is 0 Å². The van der Waals surface area contributed by atoms with Crippen LogP contribution in [0.5, 0.6) is 11.5 Å². The minimum absolute atomic E-state index is 0.0364.